The molecule has 0 fully saturated rings. The van der Waals surface area contributed by atoms with Crippen molar-refractivity contribution in [3.05, 3.63) is 157 Å². The summed E-state index contributed by atoms with van der Waals surface area (Å²) in [6.45, 7) is 0. The van der Waals surface area contributed by atoms with Gasteiger partial charge in [0, 0.05) is 44.9 Å². The molecule has 4 heterocycles. The number of nitrogens with zero attached hydrogens (tertiary/aromatic N) is 3. The smallest absolute Gasteiger partial charge is 0.146 e. The molecule has 0 saturated heterocycles. The second-order valence-electron chi connectivity index (χ2n) is 13.5. The molecule has 0 bridgehead atoms. The quantitative estimate of drug-likeness (QED) is 0.201. The molecule has 6 nitrogen and oxygen atoms in total. The van der Waals surface area contributed by atoms with Crippen LogP contribution in [0.2, 0.25) is 0 Å². The molecular weight excluding hydrogens is 643 g/mol. The number of imidazole rings is 1. The van der Waals surface area contributed by atoms with Crippen LogP contribution in [0.4, 0.5) is 0 Å². The van der Waals surface area contributed by atoms with Gasteiger partial charge in [0.2, 0.25) is 0 Å². The fraction of sp³-hybridized carbons (Fsp3) is 0.0435. The third kappa shape index (κ3) is 4.37. The predicted molar refractivity (Wildman–Crippen MR) is 207 cm³/mol. The Balaban J connectivity index is 1.15. The molecule has 4 aromatic heterocycles. The Morgan fingerprint density at radius 3 is 2.27 bits per heavy atom. The Kier molecular flexibility index (Phi) is 6.13. The van der Waals surface area contributed by atoms with Crippen molar-refractivity contribution in [1.82, 2.24) is 14.5 Å². The maximum Gasteiger partial charge on any atom is 0.146 e. The van der Waals surface area contributed by atoms with Crippen LogP contribution in [0.15, 0.2) is 155 Å². The molecule has 52 heavy (non-hydrogen) atoms. The standard InChI is InChI=1S/C46H29N3O3/c50-38-13-6-10-28-16-17-29-18-22-36(47-45(29)43(28)38)37-26-49(31-20-21-33-32-11-4-5-14-39(32)52-42(33)25-31)46(48-37)34-12-7-15-41-44(34)35-24-30(19-23-40(35)51-41)27-8-2-1-3-9-27/h1-15,18-26,50H,16-17H2. The van der Waals surface area contributed by atoms with Gasteiger partial charge in [-0.2, -0.15) is 0 Å². The highest BCUT2D eigenvalue weighted by Crippen LogP contribution is 2.42. The summed E-state index contributed by atoms with van der Waals surface area (Å²) in [5.41, 5.74) is 12.7. The monoisotopic (exact) mass is 671 g/mol. The number of phenols is 1. The Morgan fingerprint density at radius 2 is 1.33 bits per heavy atom. The van der Waals surface area contributed by atoms with E-state index in [0.717, 1.165) is 119 Å². The van der Waals surface area contributed by atoms with Crippen molar-refractivity contribution in [2.75, 3.05) is 0 Å². The Labute approximate surface area is 297 Å². The number of pyridine rings is 1. The Hall–Kier alpha value is -6.92. The number of aromatic hydroxyl groups is 1. The van der Waals surface area contributed by atoms with E-state index in [1.807, 2.05) is 48.5 Å². The van der Waals surface area contributed by atoms with Gasteiger partial charge in [-0.05, 0) is 83.6 Å². The van der Waals surface area contributed by atoms with Crippen molar-refractivity contribution in [3.63, 3.8) is 0 Å². The first-order valence-corrected chi connectivity index (χ1v) is 17.5. The lowest BCUT2D eigenvalue weighted by molar-refractivity contribution is 0.476. The second kappa shape index (κ2) is 11.0. The number of rotatable bonds is 4. The van der Waals surface area contributed by atoms with Crippen LogP contribution in [0.25, 0.3) is 94.7 Å². The number of benzene rings is 6. The Morgan fingerprint density at radius 1 is 0.538 bits per heavy atom. The fourth-order valence-corrected chi connectivity index (χ4v) is 7.96. The van der Waals surface area contributed by atoms with E-state index >= 15 is 0 Å². The van der Waals surface area contributed by atoms with Gasteiger partial charge in [0.25, 0.3) is 0 Å². The molecule has 1 aliphatic carbocycles. The van der Waals surface area contributed by atoms with Crippen LogP contribution in [0, 0.1) is 0 Å². The van der Waals surface area contributed by atoms with Crippen molar-refractivity contribution < 1.29 is 13.9 Å². The Bertz CT molecular complexity index is 3040. The summed E-state index contributed by atoms with van der Waals surface area (Å²) in [6, 6.07) is 47.3. The number of phenolic OH excluding ortho intramolecular Hbond substituents is 1. The molecule has 10 aromatic rings. The molecule has 1 N–H and O–H groups in total. The summed E-state index contributed by atoms with van der Waals surface area (Å²) in [7, 11) is 0. The van der Waals surface area contributed by atoms with E-state index in [4.69, 9.17) is 18.8 Å². The van der Waals surface area contributed by atoms with E-state index in [1.54, 1.807) is 6.07 Å². The van der Waals surface area contributed by atoms with Crippen LogP contribution in [0.3, 0.4) is 0 Å². The average Bonchev–Trinajstić information content (AvgIpc) is 3.91. The maximum atomic E-state index is 10.9. The fourth-order valence-electron chi connectivity index (χ4n) is 7.96. The summed E-state index contributed by atoms with van der Waals surface area (Å²) in [5, 5.41) is 15.1. The van der Waals surface area contributed by atoms with Crippen molar-refractivity contribution in [1.29, 1.82) is 0 Å². The van der Waals surface area contributed by atoms with Gasteiger partial charge in [-0.3, -0.25) is 4.57 Å². The molecular formula is C46H29N3O3. The zero-order chi connectivity index (χ0) is 34.3. The zero-order valence-electron chi connectivity index (χ0n) is 27.9. The SMILES string of the molecule is Oc1cccc2c1-c1nc(-c3cn(-c4ccc5c(c4)oc4ccccc45)c(-c4cccc5oc6ccc(-c7ccccc7)cc6c45)n3)ccc1CC2. The number of hydrogen-bond acceptors (Lipinski definition) is 5. The first-order chi connectivity index (χ1) is 25.7. The van der Waals surface area contributed by atoms with Crippen molar-refractivity contribution >= 4 is 43.9 Å². The van der Waals surface area contributed by atoms with Crippen LogP contribution in [-0.2, 0) is 12.8 Å². The van der Waals surface area contributed by atoms with E-state index in [1.165, 1.54) is 0 Å². The minimum atomic E-state index is 0.252. The molecule has 246 valence electrons. The molecule has 0 aliphatic heterocycles. The van der Waals surface area contributed by atoms with E-state index in [-0.39, 0.29) is 5.75 Å². The van der Waals surface area contributed by atoms with Gasteiger partial charge in [0.1, 0.15) is 39.6 Å². The third-order valence-corrected chi connectivity index (χ3v) is 10.5. The summed E-state index contributed by atoms with van der Waals surface area (Å²) < 4.78 is 14.9. The summed E-state index contributed by atoms with van der Waals surface area (Å²) >= 11 is 0. The molecule has 6 heteroatoms. The lowest BCUT2D eigenvalue weighted by Gasteiger charge is -2.20. The average molecular weight is 672 g/mol. The number of aromatic nitrogens is 3. The van der Waals surface area contributed by atoms with E-state index < -0.39 is 0 Å². The van der Waals surface area contributed by atoms with Gasteiger partial charge in [-0.1, -0.05) is 84.9 Å². The largest absolute Gasteiger partial charge is 0.507 e. The lowest BCUT2D eigenvalue weighted by Crippen LogP contribution is -2.06. The van der Waals surface area contributed by atoms with Gasteiger partial charge in [-0.25, -0.2) is 9.97 Å². The molecule has 0 amide bonds. The van der Waals surface area contributed by atoms with Gasteiger partial charge in [0.15, 0.2) is 0 Å². The molecule has 0 radical (unpaired) electrons. The van der Waals surface area contributed by atoms with Crippen LogP contribution < -0.4 is 0 Å². The van der Waals surface area contributed by atoms with E-state index in [2.05, 4.69) is 95.7 Å². The molecule has 0 atom stereocenters. The highest BCUT2D eigenvalue weighted by molar-refractivity contribution is 6.13. The normalized spacial score (nSPS) is 12.5. The summed E-state index contributed by atoms with van der Waals surface area (Å²) in [5.74, 6) is 1.01. The van der Waals surface area contributed by atoms with Crippen LogP contribution in [0.5, 0.6) is 5.75 Å². The first kappa shape index (κ1) is 28.9. The number of hydrogen-bond donors (Lipinski definition) is 1. The molecule has 0 unspecified atom stereocenters. The number of fused-ring (bicyclic) bond motifs is 9. The molecule has 1 aliphatic rings. The number of furan rings is 2. The van der Waals surface area contributed by atoms with Crippen molar-refractivity contribution in [2.24, 2.45) is 0 Å². The minimum Gasteiger partial charge on any atom is -0.507 e. The molecule has 0 spiro atoms. The summed E-state index contributed by atoms with van der Waals surface area (Å²) in [6.07, 6.45) is 3.80. The van der Waals surface area contributed by atoms with Crippen molar-refractivity contribution in [3.8, 4) is 56.6 Å². The topological polar surface area (TPSA) is 77.2 Å². The molecule has 0 saturated carbocycles. The van der Waals surface area contributed by atoms with Crippen molar-refractivity contribution in [2.45, 2.75) is 12.8 Å². The maximum absolute atomic E-state index is 10.9. The van der Waals surface area contributed by atoms with Crippen LogP contribution >= 0.6 is 0 Å². The van der Waals surface area contributed by atoms with Gasteiger partial charge in [-0.15, -0.1) is 0 Å². The molecule has 6 aromatic carbocycles. The van der Waals surface area contributed by atoms with Crippen LogP contribution in [-0.4, -0.2) is 19.6 Å². The highest BCUT2D eigenvalue weighted by atomic mass is 16.3. The van der Waals surface area contributed by atoms with Gasteiger partial charge in [0.05, 0.1) is 17.1 Å². The lowest BCUT2D eigenvalue weighted by atomic mass is 9.88. The van der Waals surface area contributed by atoms with E-state index in [0.29, 0.717) is 0 Å². The second-order valence-corrected chi connectivity index (χ2v) is 13.5. The molecule has 11 rings (SSSR count). The van der Waals surface area contributed by atoms with Gasteiger partial charge >= 0.3 is 0 Å². The summed E-state index contributed by atoms with van der Waals surface area (Å²) in [4.78, 5) is 10.5. The predicted octanol–water partition coefficient (Wildman–Crippen LogP) is 11.5. The number of para-hydroxylation sites is 1. The highest BCUT2D eigenvalue weighted by Gasteiger charge is 2.24. The minimum absolute atomic E-state index is 0.252. The first-order valence-electron chi connectivity index (χ1n) is 17.5. The van der Waals surface area contributed by atoms with E-state index in [9.17, 15) is 5.11 Å². The van der Waals surface area contributed by atoms with Gasteiger partial charge < -0.3 is 13.9 Å². The third-order valence-electron chi connectivity index (χ3n) is 10.5. The van der Waals surface area contributed by atoms with Crippen LogP contribution in [0.1, 0.15) is 11.1 Å². The zero-order valence-corrected chi connectivity index (χ0v) is 27.9. The number of aryl methyl sites for hydroxylation is 2.